The minimum Gasteiger partial charge on any atom is -0.250 e. The molecule has 0 aromatic rings. The SMILES string of the molecule is CCc1c2cccccc-2c(C(OO)N([O])C(C)(C)C)c1[Si](C)(C)C(C)(C)C. The van der Waals surface area contributed by atoms with Crippen LogP contribution in [0.4, 0.5) is 0 Å². The standard InChI is InChI=1S/C23H36NO3Si/c1-10-16-17-14-12-11-13-15-18(17)19(20(16)28(8,9)23(5,6)7)21(27-26)24(25)22(2,3)4/h11-15,21,26H,10H2,1-9H3. The lowest BCUT2D eigenvalue weighted by Crippen LogP contribution is -2.53. The number of rotatable bonds is 5. The van der Waals surface area contributed by atoms with E-state index in [4.69, 9.17) is 4.89 Å². The van der Waals surface area contributed by atoms with Crippen LogP contribution in [0.5, 0.6) is 0 Å². The van der Waals surface area contributed by atoms with Crippen LogP contribution in [0.25, 0.3) is 11.1 Å². The van der Waals surface area contributed by atoms with Crippen LogP contribution in [0, 0.1) is 0 Å². The minimum atomic E-state index is -2.04. The molecule has 2 aliphatic rings. The lowest BCUT2D eigenvalue weighted by Gasteiger charge is -2.40. The average molecular weight is 403 g/mol. The highest BCUT2D eigenvalue weighted by atomic mass is 28.3. The molecule has 0 aliphatic heterocycles. The first-order chi connectivity index (χ1) is 12.8. The van der Waals surface area contributed by atoms with Crippen molar-refractivity contribution in [1.29, 1.82) is 0 Å². The number of hydrogen-bond acceptors (Lipinski definition) is 3. The molecule has 0 bridgehead atoms. The first-order valence-electron chi connectivity index (χ1n) is 10.1. The Kier molecular flexibility index (Phi) is 6.48. The van der Waals surface area contributed by atoms with E-state index in [2.05, 4.69) is 46.9 Å². The van der Waals surface area contributed by atoms with Crippen LogP contribution in [-0.2, 0) is 16.5 Å². The van der Waals surface area contributed by atoms with Crippen molar-refractivity contribution < 1.29 is 15.4 Å². The van der Waals surface area contributed by atoms with Crippen LogP contribution >= 0.6 is 0 Å². The molecular weight excluding hydrogens is 366 g/mol. The van der Waals surface area contributed by atoms with Crippen LogP contribution in [0.2, 0.25) is 18.1 Å². The summed E-state index contributed by atoms with van der Waals surface area (Å²) < 4.78 is 0. The molecule has 0 saturated carbocycles. The van der Waals surface area contributed by atoms with Crippen molar-refractivity contribution in [2.24, 2.45) is 0 Å². The van der Waals surface area contributed by atoms with Gasteiger partial charge in [-0.05, 0) is 54.1 Å². The molecule has 28 heavy (non-hydrogen) atoms. The molecule has 0 fully saturated rings. The van der Waals surface area contributed by atoms with Crippen LogP contribution in [0.3, 0.4) is 0 Å². The summed E-state index contributed by atoms with van der Waals surface area (Å²) >= 11 is 0. The normalized spacial score (nSPS) is 14.7. The fraction of sp³-hybridized carbons (Fsp3) is 0.565. The van der Waals surface area contributed by atoms with Gasteiger partial charge in [-0.3, -0.25) is 0 Å². The summed E-state index contributed by atoms with van der Waals surface area (Å²) in [5.74, 6) is 0. The van der Waals surface area contributed by atoms with Gasteiger partial charge in [-0.2, -0.15) is 0 Å². The highest BCUT2D eigenvalue weighted by Gasteiger charge is 2.46. The van der Waals surface area contributed by atoms with E-state index in [0.29, 0.717) is 0 Å². The monoisotopic (exact) mass is 402 g/mol. The van der Waals surface area contributed by atoms with E-state index in [1.807, 2.05) is 45.0 Å². The van der Waals surface area contributed by atoms with Crippen molar-refractivity contribution in [2.45, 2.75) is 84.8 Å². The Morgan fingerprint density at radius 3 is 2.00 bits per heavy atom. The van der Waals surface area contributed by atoms with Gasteiger partial charge in [-0.25, -0.2) is 10.1 Å². The third-order valence-electron chi connectivity index (χ3n) is 6.30. The van der Waals surface area contributed by atoms with Gasteiger partial charge >= 0.3 is 0 Å². The average Bonchev–Trinajstić information content (AvgIpc) is 2.71. The van der Waals surface area contributed by atoms with Gasteiger partial charge in [0.1, 0.15) is 0 Å². The number of hydroxylamine groups is 2. The number of fused-ring (bicyclic) bond motifs is 1. The van der Waals surface area contributed by atoms with Crippen LogP contribution < -0.4 is 5.19 Å². The highest BCUT2D eigenvalue weighted by molar-refractivity contribution is 6.93. The lowest BCUT2D eigenvalue weighted by atomic mass is 10.0. The topological polar surface area (TPSA) is 52.6 Å². The summed E-state index contributed by atoms with van der Waals surface area (Å²) in [6.45, 7) is 19.2. The molecule has 4 nitrogen and oxygen atoms in total. The van der Waals surface area contributed by atoms with Crippen molar-refractivity contribution in [3.63, 3.8) is 0 Å². The molecule has 0 heterocycles. The number of nitrogens with zero attached hydrogens (tertiary/aromatic N) is 1. The zero-order valence-corrected chi connectivity index (χ0v) is 19.9. The maximum Gasteiger partial charge on any atom is 0.197 e. The van der Waals surface area contributed by atoms with Crippen molar-refractivity contribution >= 4 is 13.3 Å². The fourth-order valence-electron chi connectivity index (χ4n) is 3.75. The van der Waals surface area contributed by atoms with E-state index in [0.717, 1.165) is 28.2 Å². The van der Waals surface area contributed by atoms with Crippen molar-refractivity contribution in [3.8, 4) is 11.1 Å². The van der Waals surface area contributed by atoms with Crippen molar-refractivity contribution in [1.82, 2.24) is 5.06 Å². The zero-order chi connectivity index (χ0) is 21.5. The second kappa shape index (κ2) is 7.88. The third-order valence-corrected chi connectivity index (χ3v) is 11.9. The van der Waals surface area contributed by atoms with Gasteiger partial charge < -0.3 is 0 Å². The van der Waals surface area contributed by atoms with Gasteiger partial charge in [0.25, 0.3) is 0 Å². The smallest absolute Gasteiger partial charge is 0.197 e. The Morgan fingerprint density at radius 1 is 1.04 bits per heavy atom. The summed E-state index contributed by atoms with van der Waals surface area (Å²) in [7, 11) is -2.04. The summed E-state index contributed by atoms with van der Waals surface area (Å²) in [4.78, 5) is 4.91. The van der Waals surface area contributed by atoms with Crippen LogP contribution in [0.1, 0.15) is 65.8 Å². The van der Waals surface area contributed by atoms with Gasteiger partial charge in [0.2, 0.25) is 0 Å². The molecule has 1 unspecified atom stereocenters. The largest absolute Gasteiger partial charge is 0.250 e. The molecule has 0 spiro atoms. The molecule has 2 aliphatic carbocycles. The molecule has 0 aromatic heterocycles. The van der Waals surface area contributed by atoms with E-state index in [1.54, 1.807) is 0 Å². The maximum atomic E-state index is 13.2. The minimum absolute atomic E-state index is 0.0771. The third kappa shape index (κ3) is 3.91. The van der Waals surface area contributed by atoms with E-state index in [1.165, 1.54) is 10.8 Å². The molecular formula is C23H36NO3Si. The second-order valence-corrected chi connectivity index (χ2v) is 15.4. The predicted molar refractivity (Wildman–Crippen MR) is 118 cm³/mol. The Morgan fingerprint density at radius 2 is 1.57 bits per heavy atom. The van der Waals surface area contributed by atoms with Crippen LogP contribution in [0.15, 0.2) is 30.3 Å². The van der Waals surface area contributed by atoms with E-state index < -0.39 is 19.8 Å². The molecule has 1 radical (unpaired) electrons. The highest BCUT2D eigenvalue weighted by Crippen LogP contribution is 2.44. The zero-order valence-electron chi connectivity index (χ0n) is 18.9. The van der Waals surface area contributed by atoms with Crippen LogP contribution in [-0.4, -0.2) is 23.9 Å². The van der Waals surface area contributed by atoms with Gasteiger partial charge in [0, 0.05) is 11.1 Å². The first kappa shape index (κ1) is 23.0. The molecule has 155 valence electrons. The van der Waals surface area contributed by atoms with E-state index in [9.17, 15) is 10.5 Å². The van der Waals surface area contributed by atoms with Gasteiger partial charge in [0.15, 0.2) is 6.23 Å². The van der Waals surface area contributed by atoms with Crippen molar-refractivity contribution in [2.75, 3.05) is 0 Å². The Balaban J connectivity index is 2.98. The Hall–Kier alpha value is -1.24. The fourth-order valence-corrected chi connectivity index (χ4v) is 6.50. The molecule has 1 N–H and O–H groups in total. The second-order valence-electron chi connectivity index (χ2n) is 10.2. The predicted octanol–water partition coefficient (Wildman–Crippen LogP) is 6.00. The van der Waals surface area contributed by atoms with E-state index in [-0.39, 0.29) is 5.04 Å². The Bertz CT molecular complexity index is 790. The molecule has 0 aromatic carbocycles. The molecule has 5 heteroatoms. The molecule has 0 saturated heterocycles. The molecule has 1 atom stereocenters. The summed E-state index contributed by atoms with van der Waals surface area (Å²) in [6, 6.07) is 10.2. The maximum absolute atomic E-state index is 13.2. The van der Waals surface area contributed by atoms with Gasteiger partial charge in [-0.1, -0.05) is 71.1 Å². The van der Waals surface area contributed by atoms with E-state index >= 15 is 0 Å². The Labute approximate surface area is 171 Å². The summed E-state index contributed by atoms with van der Waals surface area (Å²) in [5.41, 5.74) is 3.54. The first-order valence-corrected chi connectivity index (χ1v) is 13.1. The van der Waals surface area contributed by atoms with Gasteiger partial charge in [-0.15, -0.1) is 10.3 Å². The quantitative estimate of drug-likeness (QED) is 0.289. The molecule has 2 rings (SSSR count). The summed E-state index contributed by atoms with van der Waals surface area (Å²) in [6.07, 6.45) is -0.191. The van der Waals surface area contributed by atoms with Gasteiger partial charge in [0.05, 0.1) is 8.07 Å². The number of hydrogen-bond donors (Lipinski definition) is 1. The lowest BCUT2D eigenvalue weighted by molar-refractivity contribution is -0.397. The summed E-state index contributed by atoms with van der Waals surface area (Å²) in [5, 5.41) is 25.3. The molecule has 0 amide bonds. The van der Waals surface area contributed by atoms with Crippen molar-refractivity contribution in [3.05, 3.63) is 41.5 Å².